The molecule has 0 radical (unpaired) electrons. The average Bonchev–Trinajstić information content (AvgIpc) is 2.12. The number of hydrogen-bond donors (Lipinski definition) is 5. The summed E-state index contributed by atoms with van der Waals surface area (Å²) in [7, 11) is 0. The topological polar surface area (TPSA) is 118 Å². The van der Waals surface area contributed by atoms with E-state index in [1.807, 2.05) is 0 Å². The van der Waals surface area contributed by atoms with Crippen LogP contribution in [0.3, 0.4) is 0 Å². The maximum atomic E-state index is 9.90. The van der Waals surface area contributed by atoms with Crippen LogP contribution in [0.5, 0.6) is 0 Å². The molecule has 0 amide bonds. The molecule has 0 saturated heterocycles. The van der Waals surface area contributed by atoms with Gasteiger partial charge in [0.15, 0.2) is 6.29 Å². The molecule has 6 nitrogen and oxygen atoms in total. The first-order valence-corrected chi connectivity index (χ1v) is 3.33. The number of aldehydes is 1. The predicted octanol–water partition coefficient (Wildman–Crippen LogP) is -9.37. The van der Waals surface area contributed by atoms with Gasteiger partial charge in [0.1, 0.15) is 24.4 Å². The minimum Gasteiger partial charge on any atom is -1.00 e. The van der Waals surface area contributed by atoms with E-state index >= 15 is 0 Å². The smallest absolute Gasteiger partial charge is 1.00 e. The fourth-order valence-electron chi connectivity index (χ4n) is 0.618. The van der Waals surface area contributed by atoms with E-state index in [0.717, 1.165) is 0 Å². The molecule has 5 N–H and O–H groups in total. The first kappa shape index (κ1) is 20.2. The van der Waals surface area contributed by atoms with Gasteiger partial charge in [-0.05, 0) is 0 Å². The summed E-state index contributed by atoms with van der Waals surface area (Å²) in [6.45, 7) is -0.760. The third kappa shape index (κ3) is 6.28. The van der Waals surface area contributed by atoms with Gasteiger partial charge in [0, 0.05) is 0 Å². The predicted molar refractivity (Wildman–Crippen MR) is 37.2 cm³/mol. The normalized spacial score (nSPS) is 18.1. The van der Waals surface area contributed by atoms with Crippen LogP contribution < -0.4 is 42.0 Å². The third-order valence-electron chi connectivity index (χ3n) is 1.42. The molecule has 0 heterocycles. The van der Waals surface area contributed by atoms with Gasteiger partial charge in [-0.25, -0.2) is 0 Å². The molecule has 8 heteroatoms. The van der Waals surface area contributed by atoms with Gasteiger partial charge in [0.05, 0.1) is 6.61 Å². The summed E-state index contributed by atoms with van der Waals surface area (Å²) in [4.78, 5) is 9.90. The van der Waals surface area contributed by atoms with Crippen molar-refractivity contribution in [3.05, 3.63) is 0 Å². The summed E-state index contributed by atoms with van der Waals surface area (Å²) in [5, 5.41) is 43.5. The fourth-order valence-corrected chi connectivity index (χ4v) is 0.618. The molecule has 0 aliphatic heterocycles. The molecule has 0 aromatic carbocycles. The van der Waals surface area contributed by atoms with E-state index in [1.54, 1.807) is 0 Å². The second kappa shape index (κ2) is 10.3. The van der Waals surface area contributed by atoms with Crippen LogP contribution in [0.1, 0.15) is 0 Å². The van der Waals surface area contributed by atoms with Crippen LogP contribution in [0.2, 0.25) is 0 Å². The minimum absolute atomic E-state index is 0. The second-order valence-electron chi connectivity index (χ2n) is 2.36. The maximum Gasteiger partial charge on any atom is 1.00 e. The Balaban J connectivity index is -0.000000605. The molecule has 80 valence electrons. The summed E-state index contributed by atoms with van der Waals surface area (Å²) in [6.07, 6.45) is -6.84. The molecule has 4 unspecified atom stereocenters. The number of halogens is 1. The number of carbonyl (C=O) groups excluding carboxylic acids is 1. The largest absolute Gasteiger partial charge is 1.00 e. The van der Waals surface area contributed by atoms with Gasteiger partial charge in [-0.1, -0.05) is 0 Å². The Kier molecular flexibility index (Phi) is 14.8. The number of aliphatic hydroxyl groups is 5. The molecule has 0 fully saturated rings. The van der Waals surface area contributed by atoms with Crippen LogP contribution in [0.25, 0.3) is 0 Å². The van der Waals surface area contributed by atoms with Crippen LogP contribution in [-0.4, -0.2) is 62.8 Å². The fraction of sp³-hybridized carbons (Fsp3) is 0.833. The standard InChI is InChI=1S/C6H12O6.ClH.Na/c7-1-3(9)5(11)6(12)4(10)2-8;;/h1,3-6,8-12H,2H2;1H;/q;;+1/p-1. The number of aliphatic hydroxyl groups excluding tert-OH is 5. The molecular formula is C6H12ClNaO6. The first-order valence-electron chi connectivity index (χ1n) is 3.33. The Morgan fingerprint density at radius 3 is 1.79 bits per heavy atom. The molecule has 0 spiro atoms. The van der Waals surface area contributed by atoms with Gasteiger partial charge in [0.25, 0.3) is 0 Å². The van der Waals surface area contributed by atoms with Crippen molar-refractivity contribution in [2.75, 3.05) is 6.61 Å². The summed E-state index contributed by atoms with van der Waals surface area (Å²) in [6, 6.07) is 0. The van der Waals surface area contributed by atoms with Crippen molar-refractivity contribution in [1.29, 1.82) is 0 Å². The Labute approximate surface area is 109 Å². The van der Waals surface area contributed by atoms with Crippen molar-refractivity contribution < 1.29 is 72.3 Å². The third-order valence-corrected chi connectivity index (χ3v) is 1.42. The molecular weight excluding hydrogens is 227 g/mol. The molecule has 0 rings (SSSR count). The van der Waals surface area contributed by atoms with Crippen LogP contribution in [0, 0.1) is 0 Å². The average molecular weight is 239 g/mol. The van der Waals surface area contributed by atoms with Crippen molar-refractivity contribution in [1.82, 2.24) is 0 Å². The van der Waals surface area contributed by atoms with E-state index in [2.05, 4.69) is 0 Å². The van der Waals surface area contributed by atoms with E-state index in [-0.39, 0.29) is 48.3 Å². The molecule has 14 heavy (non-hydrogen) atoms. The number of hydrogen-bond acceptors (Lipinski definition) is 6. The molecule has 0 aliphatic rings. The molecule has 0 bridgehead atoms. The monoisotopic (exact) mass is 238 g/mol. The summed E-state index contributed by atoms with van der Waals surface area (Å²) in [5.74, 6) is 0. The SMILES string of the molecule is O=CC(O)C(O)C(O)C(O)CO.[Cl-].[Na+]. The quantitative estimate of drug-likeness (QED) is 0.240. The summed E-state index contributed by atoms with van der Waals surface area (Å²) >= 11 is 0. The van der Waals surface area contributed by atoms with Crippen molar-refractivity contribution in [2.45, 2.75) is 24.4 Å². The van der Waals surface area contributed by atoms with Crippen LogP contribution >= 0.6 is 0 Å². The second-order valence-corrected chi connectivity index (χ2v) is 2.36. The summed E-state index contributed by atoms with van der Waals surface area (Å²) in [5.41, 5.74) is 0. The minimum atomic E-state index is -1.79. The maximum absolute atomic E-state index is 9.90. The molecule has 0 aliphatic carbocycles. The first-order chi connectivity index (χ1) is 5.54. The molecule has 4 atom stereocenters. The van der Waals surface area contributed by atoms with E-state index < -0.39 is 31.0 Å². The Hall–Kier alpha value is 0.760. The van der Waals surface area contributed by atoms with Gasteiger partial charge in [-0.2, -0.15) is 0 Å². The van der Waals surface area contributed by atoms with Crippen molar-refractivity contribution >= 4 is 6.29 Å². The Bertz CT molecular complexity index is 148. The van der Waals surface area contributed by atoms with Gasteiger partial charge in [0.2, 0.25) is 0 Å². The van der Waals surface area contributed by atoms with Gasteiger partial charge < -0.3 is 42.7 Å². The molecule has 0 aromatic rings. The van der Waals surface area contributed by atoms with Crippen LogP contribution in [0.15, 0.2) is 0 Å². The van der Waals surface area contributed by atoms with E-state index in [1.165, 1.54) is 0 Å². The van der Waals surface area contributed by atoms with Crippen molar-refractivity contribution in [2.24, 2.45) is 0 Å². The zero-order chi connectivity index (χ0) is 9.72. The summed E-state index contributed by atoms with van der Waals surface area (Å²) < 4.78 is 0. The van der Waals surface area contributed by atoms with Gasteiger partial charge in [-0.15, -0.1) is 0 Å². The number of carbonyl (C=O) groups is 1. The molecule has 0 aromatic heterocycles. The van der Waals surface area contributed by atoms with E-state index in [9.17, 15) is 4.79 Å². The Morgan fingerprint density at radius 1 is 1.07 bits per heavy atom. The van der Waals surface area contributed by atoms with Gasteiger partial charge >= 0.3 is 29.6 Å². The van der Waals surface area contributed by atoms with Crippen LogP contribution in [-0.2, 0) is 4.79 Å². The van der Waals surface area contributed by atoms with Crippen molar-refractivity contribution in [3.63, 3.8) is 0 Å². The Morgan fingerprint density at radius 2 is 1.50 bits per heavy atom. The zero-order valence-corrected chi connectivity index (χ0v) is 10.4. The number of rotatable bonds is 5. The van der Waals surface area contributed by atoms with Gasteiger partial charge in [-0.3, -0.25) is 0 Å². The van der Waals surface area contributed by atoms with Crippen LogP contribution in [0.4, 0.5) is 0 Å². The van der Waals surface area contributed by atoms with Crippen molar-refractivity contribution in [3.8, 4) is 0 Å². The van der Waals surface area contributed by atoms with E-state index in [4.69, 9.17) is 25.5 Å². The van der Waals surface area contributed by atoms with E-state index in [0.29, 0.717) is 0 Å². The molecule has 0 saturated carbocycles. The zero-order valence-electron chi connectivity index (χ0n) is 7.62.